The highest BCUT2D eigenvalue weighted by atomic mass is 32.1. The molecule has 2 aromatic rings. The Kier molecular flexibility index (Phi) is 5.13. The van der Waals surface area contributed by atoms with Gasteiger partial charge < -0.3 is 9.64 Å². The molecule has 3 heterocycles. The van der Waals surface area contributed by atoms with Crippen molar-refractivity contribution < 1.29 is 9.53 Å². The van der Waals surface area contributed by atoms with Crippen LogP contribution in [0.15, 0.2) is 35.4 Å². The summed E-state index contributed by atoms with van der Waals surface area (Å²) >= 11 is 1.63. The number of rotatable bonds is 5. The molecule has 6 heteroatoms. The Morgan fingerprint density at radius 3 is 3.18 bits per heavy atom. The number of morpholine rings is 1. The number of ether oxygens (including phenoxy) is 1. The van der Waals surface area contributed by atoms with Gasteiger partial charge in [0, 0.05) is 25.0 Å². The van der Waals surface area contributed by atoms with Gasteiger partial charge in [0.25, 0.3) is 0 Å². The Morgan fingerprint density at radius 1 is 1.45 bits per heavy atom. The summed E-state index contributed by atoms with van der Waals surface area (Å²) in [5.41, 5.74) is 2.11. The first-order valence-electron chi connectivity index (χ1n) is 7.46. The van der Waals surface area contributed by atoms with E-state index in [9.17, 15) is 4.79 Å². The van der Waals surface area contributed by atoms with E-state index in [-0.39, 0.29) is 12.0 Å². The zero-order valence-corrected chi connectivity index (χ0v) is 13.2. The van der Waals surface area contributed by atoms with Gasteiger partial charge in [0.1, 0.15) is 6.33 Å². The Balaban J connectivity index is 1.49. The van der Waals surface area contributed by atoms with E-state index in [0.29, 0.717) is 26.1 Å². The van der Waals surface area contributed by atoms with Crippen LogP contribution in [0.25, 0.3) is 0 Å². The molecule has 0 N–H and O–H groups in total. The summed E-state index contributed by atoms with van der Waals surface area (Å²) in [5, 5.41) is 4.04. The fourth-order valence-corrected chi connectivity index (χ4v) is 3.24. The third kappa shape index (κ3) is 4.11. The van der Waals surface area contributed by atoms with Crippen LogP contribution in [0, 0.1) is 0 Å². The lowest BCUT2D eigenvalue weighted by Gasteiger charge is -2.33. The molecule has 0 spiro atoms. The molecule has 0 radical (unpaired) electrons. The van der Waals surface area contributed by atoms with Crippen molar-refractivity contribution >= 4 is 17.2 Å². The average molecular weight is 317 g/mol. The first-order valence-corrected chi connectivity index (χ1v) is 8.41. The van der Waals surface area contributed by atoms with Gasteiger partial charge in [0.2, 0.25) is 5.91 Å². The monoisotopic (exact) mass is 317 g/mol. The van der Waals surface area contributed by atoms with Crippen LogP contribution in [-0.4, -0.2) is 46.6 Å². The highest BCUT2D eigenvalue weighted by Gasteiger charge is 2.24. The molecule has 2 aromatic heterocycles. The van der Waals surface area contributed by atoms with Gasteiger partial charge in [0.15, 0.2) is 0 Å². The third-order valence-corrected chi connectivity index (χ3v) is 4.52. The molecule has 1 amide bonds. The number of carbonyl (C=O) groups is 1. The highest BCUT2D eigenvalue weighted by Crippen LogP contribution is 2.14. The van der Waals surface area contributed by atoms with Crippen molar-refractivity contribution in [1.82, 2.24) is 14.9 Å². The van der Waals surface area contributed by atoms with E-state index in [4.69, 9.17) is 4.74 Å². The van der Waals surface area contributed by atoms with E-state index >= 15 is 0 Å². The standard InChI is InChI=1S/C16H19N3O2S/c20-16(9-13-4-8-22-11-13)19-6-7-21-15(10-19)2-1-14-3-5-17-12-18-14/h3-5,8,11-12,15H,1-2,6-7,9-10H2/t15-/m1/s1. The minimum atomic E-state index is 0.0927. The number of nitrogens with zero attached hydrogens (tertiary/aromatic N) is 3. The number of hydrogen-bond acceptors (Lipinski definition) is 5. The second-order valence-electron chi connectivity index (χ2n) is 5.38. The molecule has 0 aromatic carbocycles. The van der Waals surface area contributed by atoms with E-state index in [1.54, 1.807) is 23.9 Å². The van der Waals surface area contributed by atoms with Crippen molar-refractivity contribution in [3.63, 3.8) is 0 Å². The fourth-order valence-electron chi connectivity index (χ4n) is 2.58. The van der Waals surface area contributed by atoms with Crippen LogP contribution < -0.4 is 0 Å². The lowest BCUT2D eigenvalue weighted by Crippen LogP contribution is -2.46. The van der Waals surface area contributed by atoms with Gasteiger partial charge in [-0.05, 0) is 41.3 Å². The van der Waals surface area contributed by atoms with Crippen LogP contribution in [0.1, 0.15) is 17.7 Å². The molecule has 1 atom stereocenters. The Morgan fingerprint density at radius 2 is 2.41 bits per heavy atom. The number of aryl methyl sites for hydroxylation is 1. The maximum absolute atomic E-state index is 12.3. The van der Waals surface area contributed by atoms with Gasteiger partial charge >= 0.3 is 0 Å². The van der Waals surface area contributed by atoms with Gasteiger partial charge in [-0.15, -0.1) is 0 Å². The quantitative estimate of drug-likeness (QED) is 0.846. The highest BCUT2D eigenvalue weighted by molar-refractivity contribution is 7.07. The van der Waals surface area contributed by atoms with Crippen molar-refractivity contribution in [3.8, 4) is 0 Å². The molecule has 0 saturated carbocycles. The molecule has 1 saturated heterocycles. The first-order chi connectivity index (χ1) is 10.8. The lowest BCUT2D eigenvalue weighted by molar-refractivity contribution is -0.138. The molecule has 0 unspecified atom stereocenters. The first kappa shape index (κ1) is 15.1. The molecule has 3 rings (SSSR count). The van der Waals surface area contributed by atoms with Gasteiger partial charge in [-0.25, -0.2) is 9.97 Å². The molecule has 1 aliphatic rings. The number of thiophene rings is 1. The van der Waals surface area contributed by atoms with Gasteiger partial charge in [-0.3, -0.25) is 4.79 Å². The zero-order chi connectivity index (χ0) is 15.2. The summed E-state index contributed by atoms with van der Waals surface area (Å²) in [7, 11) is 0. The smallest absolute Gasteiger partial charge is 0.227 e. The summed E-state index contributed by atoms with van der Waals surface area (Å²) in [6.07, 6.45) is 5.62. The van der Waals surface area contributed by atoms with E-state index in [1.807, 2.05) is 27.8 Å². The zero-order valence-electron chi connectivity index (χ0n) is 12.4. The second kappa shape index (κ2) is 7.47. The second-order valence-corrected chi connectivity index (χ2v) is 6.16. The van der Waals surface area contributed by atoms with E-state index < -0.39 is 0 Å². The van der Waals surface area contributed by atoms with Crippen LogP contribution in [0.4, 0.5) is 0 Å². The predicted molar refractivity (Wildman–Crippen MR) is 84.7 cm³/mol. The van der Waals surface area contributed by atoms with Crippen LogP contribution in [0.3, 0.4) is 0 Å². The Labute approximate surface area is 134 Å². The molecule has 1 fully saturated rings. The van der Waals surface area contributed by atoms with Crippen LogP contribution in [0.2, 0.25) is 0 Å². The third-order valence-electron chi connectivity index (χ3n) is 3.79. The topological polar surface area (TPSA) is 55.3 Å². The number of aromatic nitrogens is 2. The molecular formula is C16H19N3O2S. The summed E-state index contributed by atoms with van der Waals surface area (Å²) in [6.45, 7) is 1.98. The molecule has 0 aliphatic carbocycles. The summed E-state index contributed by atoms with van der Waals surface area (Å²) in [4.78, 5) is 22.4. The van der Waals surface area contributed by atoms with Crippen molar-refractivity contribution in [1.29, 1.82) is 0 Å². The minimum absolute atomic E-state index is 0.0927. The van der Waals surface area contributed by atoms with E-state index in [0.717, 1.165) is 24.1 Å². The largest absolute Gasteiger partial charge is 0.375 e. The molecule has 5 nitrogen and oxygen atoms in total. The minimum Gasteiger partial charge on any atom is -0.375 e. The van der Waals surface area contributed by atoms with Gasteiger partial charge in [0.05, 0.1) is 19.1 Å². The Bertz CT molecular complexity index is 589. The van der Waals surface area contributed by atoms with Crippen molar-refractivity contribution in [3.05, 3.63) is 46.7 Å². The van der Waals surface area contributed by atoms with Crippen LogP contribution in [-0.2, 0) is 22.4 Å². The van der Waals surface area contributed by atoms with E-state index in [2.05, 4.69) is 9.97 Å². The number of hydrogen-bond donors (Lipinski definition) is 0. The van der Waals surface area contributed by atoms with Crippen molar-refractivity contribution in [2.24, 2.45) is 0 Å². The molecule has 1 aliphatic heterocycles. The summed E-state index contributed by atoms with van der Waals surface area (Å²) in [6, 6.07) is 3.93. The van der Waals surface area contributed by atoms with Crippen molar-refractivity contribution in [2.75, 3.05) is 19.7 Å². The molecule has 22 heavy (non-hydrogen) atoms. The van der Waals surface area contributed by atoms with Crippen molar-refractivity contribution in [2.45, 2.75) is 25.4 Å². The SMILES string of the molecule is O=C(Cc1ccsc1)N1CCO[C@H](CCc2ccncn2)C1. The van der Waals surface area contributed by atoms with Crippen LogP contribution >= 0.6 is 11.3 Å². The molecule has 0 bridgehead atoms. The summed E-state index contributed by atoms with van der Waals surface area (Å²) < 4.78 is 5.78. The maximum Gasteiger partial charge on any atom is 0.227 e. The van der Waals surface area contributed by atoms with Crippen LogP contribution in [0.5, 0.6) is 0 Å². The normalized spacial score (nSPS) is 18.4. The Hall–Kier alpha value is -1.79. The number of carbonyl (C=O) groups excluding carboxylic acids is 1. The predicted octanol–water partition coefficient (Wildman–Crippen LogP) is 1.94. The molecule has 116 valence electrons. The maximum atomic E-state index is 12.3. The van der Waals surface area contributed by atoms with Gasteiger partial charge in [-0.1, -0.05) is 0 Å². The van der Waals surface area contributed by atoms with Gasteiger partial charge in [-0.2, -0.15) is 11.3 Å². The number of amides is 1. The van der Waals surface area contributed by atoms with E-state index in [1.165, 1.54) is 0 Å². The lowest BCUT2D eigenvalue weighted by atomic mass is 10.1. The fraction of sp³-hybridized carbons (Fsp3) is 0.438. The molecular weight excluding hydrogens is 298 g/mol. The average Bonchev–Trinajstić information content (AvgIpc) is 3.07. The summed E-state index contributed by atoms with van der Waals surface area (Å²) in [5.74, 6) is 0.189.